The molecule has 0 saturated carbocycles. The molecule has 0 aliphatic carbocycles. The Morgan fingerprint density at radius 3 is 2.80 bits per heavy atom. The number of amides is 1. The van der Waals surface area contributed by atoms with Crippen molar-refractivity contribution in [1.29, 1.82) is 0 Å². The van der Waals surface area contributed by atoms with Gasteiger partial charge in [-0.05, 0) is 13.3 Å². The van der Waals surface area contributed by atoms with Gasteiger partial charge in [0, 0.05) is 19.2 Å². The summed E-state index contributed by atoms with van der Waals surface area (Å²) in [5.41, 5.74) is 5.91. The lowest BCUT2D eigenvalue weighted by Crippen LogP contribution is -2.32. The average molecular weight is 210 g/mol. The first-order valence-electron chi connectivity index (χ1n) is 5.29. The maximum atomic E-state index is 11.9. The Balaban J connectivity index is 2.64. The van der Waals surface area contributed by atoms with E-state index < -0.39 is 0 Å². The van der Waals surface area contributed by atoms with E-state index in [0.29, 0.717) is 18.1 Å². The van der Waals surface area contributed by atoms with Crippen molar-refractivity contribution in [2.24, 2.45) is 0 Å². The van der Waals surface area contributed by atoms with Crippen molar-refractivity contribution < 1.29 is 4.79 Å². The summed E-state index contributed by atoms with van der Waals surface area (Å²) >= 11 is 0. The predicted octanol–water partition coefficient (Wildman–Crippen LogP) is 1.25. The Morgan fingerprint density at radius 2 is 2.33 bits per heavy atom. The molecule has 1 heterocycles. The lowest BCUT2D eigenvalue weighted by Gasteiger charge is -2.19. The van der Waals surface area contributed by atoms with E-state index in [9.17, 15) is 4.79 Å². The van der Waals surface area contributed by atoms with E-state index in [-0.39, 0.29) is 5.91 Å². The van der Waals surface area contributed by atoms with Gasteiger partial charge in [0.2, 0.25) is 0 Å². The zero-order valence-electron chi connectivity index (χ0n) is 9.29. The Bertz CT molecular complexity index is 321. The number of carbonyl (C=O) groups is 1. The molecule has 15 heavy (non-hydrogen) atoms. The normalized spacial score (nSPS) is 10.3. The van der Waals surface area contributed by atoms with Crippen LogP contribution in [0.5, 0.6) is 0 Å². The highest BCUT2D eigenvalue weighted by Gasteiger charge is 2.15. The van der Waals surface area contributed by atoms with Crippen LogP contribution in [0.25, 0.3) is 0 Å². The second kappa shape index (κ2) is 5.38. The first kappa shape index (κ1) is 11.6. The van der Waals surface area contributed by atoms with Crippen molar-refractivity contribution in [3.63, 3.8) is 0 Å². The van der Waals surface area contributed by atoms with Crippen LogP contribution in [-0.2, 0) is 0 Å². The Kier molecular flexibility index (Phi) is 4.15. The zero-order valence-corrected chi connectivity index (χ0v) is 9.29. The SMILES string of the molecule is CCCCN(CC)C(=O)c1cc(N)n[nH]1. The summed E-state index contributed by atoms with van der Waals surface area (Å²) in [5.74, 6) is 0.319. The molecule has 1 aromatic rings. The van der Waals surface area contributed by atoms with Crippen LogP contribution in [0.15, 0.2) is 6.07 Å². The maximum absolute atomic E-state index is 11.9. The molecule has 0 atom stereocenters. The fourth-order valence-electron chi connectivity index (χ4n) is 1.37. The Morgan fingerprint density at radius 1 is 1.60 bits per heavy atom. The predicted molar refractivity (Wildman–Crippen MR) is 59.5 cm³/mol. The quantitative estimate of drug-likeness (QED) is 0.768. The van der Waals surface area contributed by atoms with Gasteiger partial charge in [0.05, 0.1) is 0 Å². The van der Waals surface area contributed by atoms with Crippen LogP contribution in [0, 0.1) is 0 Å². The molecule has 0 aliphatic rings. The molecule has 1 aromatic heterocycles. The fourth-order valence-corrected chi connectivity index (χ4v) is 1.37. The zero-order chi connectivity index (χ0) is 11.3. The lowest BCUT2D eigenvalue weighted by molar-refractivity contribution is 0.0756. The molecule has 0 bridgehead atoms. The van der Waals surface area contributed by atoms with Crippen LogP contribution in [0.1, 0.15) is 37.2 Å². The second-order valence-electron chi connectivity index (χ2n) is 3.44. The molecule has 5 nitrogen and oxygen atoms in total. The smallest absolute Gasteiger partial charge is 0.271 e. The highest BCUT2D eigenvalue weighted by molar-refractivity contribution is 5.92. The summed E-state index contributed by atoms with van der Waals surface area (Å²) in [7, 11) is 0. The number of H-pyrrole nitrogens is 1. The van der Waals surface area contributed by atoms with Crippen LogP contribution in [0.3, 0.4) is 0 Å². The number of aromatic nitrogens is 2. The largest absolute Gasteiger partial charge is 0.382 e. The van der Waals surface area contributed by atoms with Crippen molar-refractivity contribution >= 4 is 11.7 Å². The number of nitrogens with zero attached hydrogens (tertiary/aromatic N) is 2. The van der Waals surface area contributed by atoms with Crippen LogP contribution in [0.4, 0.5) is 5.82 Å². The Labute approximate surface area is 89.6 Å². The van der Waals surface area contributed by atoms with Gasteiger partial charge in [0.15, 0.2) is 0 Å². The first-order chi connectivity index (χ1) is 7.19. The maximum Gasteiger partial charge on any atom is 0.271 e. The number of rotatable bonds is 5. The molecule has 0 spiro atoms. The summed E-state index contributed by atoms with van der Waals surface area (Å²) in [4.78, 5) is 13.7. The van der Waals surface area contributed by atoms with E-state index in [2.05, 4.69) is 17.1 Å². The molecule has 1 rings (SSSR count). The molecule has 0 unspecified atom stereocenters. The highest BCUT2D eigenvalue weighted by Crippen LogP contribution is 2.06. The molecular formula is C10H18N4O. The van der Waals surface area contributed by atoms with Gasteiger partial charge in [0.1, 0.15) is 11.5 Å². The van der Waals surface area contributed by atoms with Crippen molar-refractivity contribution in [2.45, 2.75) is 26.7 Å². The number of carbonyl (C=O) groups excluding carboxylic acids is 1. The van der Waals surface area contributed by atoms with Gasteiger partial charge < -0.3 is 10.6 Å². The Hall–Kier alpha value is -1.52. The fraction of sp³-hybridized carbons (Fsp3) is 0.600. The third kappa shape index (κ3) is 2.97. The number of nitrogens with two attached hydrogens (primary N) is 1. The lowest BCUT2D eigenvalue weighted by atomic mass is 10.3. The molecule has 0 aliphatic heterocycles. The summed E-state index contributed by atoms with van der Waals surface area (Å²) in [6.45, 7) is 5.56. The number of aromatic amines is 1. The van der Waals surface area contributed by atoms with E-state index in [1.54, 1.807) is 11.0 Å². The van der Waals surface area contributed by atoms with Gasteiger partial charge in [-0.15, -0.1) is 0 Å². The van der Waals surface area contributed by atoms with Gasteiger partial charge in [-0.25, -0.2) is 0 Å². The summed E-state index contributed by atoms with van der Waals surface area (Å²) in [5, 5.41) is 6.37. The monoisotopic (exact) mass is 210 g/mol. The van der Waals surface area contributed by atoms with Crippen LogP contribution < -0.4 is 5.73 Å². The van der Waals surface area contributed by atoms with Crippen LogP contribution in [0.2, 0.25) is 0 Å². The van der Waals surface area contributed by atoms with E-state index >= 15 is 0 Å². The molecule has 0 saturated heterocycles. The number of unbranched alkanes of at least 4 members (excludes halogenated alkanes) is 1. The van der Waals surface area contributed by atoms with Crippen molar-refractivity contribution in [3.05, 3.63) is 11.8 Å². The van der Waals surface area contributed by atoms with Gasteiger partial charge in [-0.1, -0.05) is 13.3 Å². The third-order valence-corrected chi connectivity index (χ3v) is 2.28. The molecular weight excluding hydrogens is 192 g/mol. The second-order valence-corrected chi connectivity index (χ2v) is 3.44. The third-order valence-electron chi connectivity index (χ3n) is 2.28. The van der Waals surface area contributed by atoms with Gasteiger partial charge in [-0.3, -0.25) is 9.89 Å². The van der Waals surface area contributed by atoms with Crippen molar-refractivity contribution in [1.82, 2.24) is 15.1 Å². The molecule has 0 fully saturated rings. The standard InChI is InChI=1S/C10H18N4O/c1-3-5-6-14(4-2)10(15)8-7-9(11)13-12-8/h7H,3-6H2,1-2H3,(H3,11,12,13). The first-order valence-corrected chi connectivity index (χ1v) is 5.29. The van der Waals surface area contributed by atoms with E-state index in [1.165, 1.54) is 0 Å². The molecule has 84 valence electrons. The van der Waals surface area contributed by atoms with Gasteiger partial charge in [-0.2, -0.15) is 5.10 Å². The number of hydrogen-bond acceptors (Lipinski definition) is 3. The molecule has 3 N–H and O–H groups in total. The van der Waals surface area contributed by atoms with Crippen molar-refractivity contribution in [3.8, 4) is 0 Å². The number of hydrogen-bond donors (Lipinski definition) is 2. The minimum Gasteiger partial charge on any atom is -0.382 e. The van der Waals surface area contributed by atoms with Crippen LogP contribution in [-0.4, -0.2) is 34.1 Å². The number of anilines is 1. The van der Waals surface area contributed by atoms with E-state index in [4.69, 9.17) is 5.73 Å². The molecule has 1 amide bonds. The summed E-state index contributed by atoms with van der Waals surface area (Å²) in [6, 6.07) is 1.57. The minimum absolute atomic E-state index is 0.0323. The van der Waals surface area contributed by atoms with Crippen molar-refractivity contribution in [2.75, 3.05) is 18.8 Å². The van der Waals surface area contributed by atoms with E-state index in [0.717, 1.165) is 19.4 Å². The summed E-state index contributed by atoms with van der Waals surface area (Å²) in [6.07, 6.45) is 2.10. The number of nitrogens with one attached hydrogen (secondary N) is 1. The van der Waals surface area contributed by atoms with Crippen LogP contribution >= 0.6 is 0 Å². The molecule has 0 radical (unpaired) electrons. The van der Waals surface area contributed by atoms with E-state index in [1.807, 2.05) is 6.92 Å². The van der Waals surface area contributed by atoms with Gasteiger partial charge >= 0.3 is 0 Å². The minimum atomic E-state index is -0.0323. The highest BCUT2D eigenvalue weighted by atomic mass is 16.2. The molecule has 0 aromatic carbocycles. The summed E-state index contributed by atoms with van der Waals surface area (Å²) < 4.78 is 0. The van der Waals surface area contributed by atoms with Gasteiger partial charge in [0.25, 0.3) is 5.91 Å². The topological polar surface area (TPSA) is 75.0 Å². The molecule has 5 heteroatoms. The average Bonchev–Trinajstić information content (AvgIpc) is 2.65. The number of nitrogen functional groups attached to an aromatic ring is 1.